The number of carbonyl (C=O) groups is 1. The molecule has 51 heavy (non-hydrogen) atoms. The molecule has 0 aromatic heterocycles. The number of rotatable bonds is 13. The van der Waals surface area contributed by atoms with Gasteiger partial charge in [-0.1, -0.05) is 75.0 Å². The van der Waals surface area contributed by atoms with E-state index in [0.717, 1.165) is 0 Å². The Balaban J connectivity index is 2.34. The number of nitrogens with zero attached hydrogens (tertiary/aromatic N) is 1. The molecule has 0 radical (unpaired) electrons. The van der Waals surface area contributed by atoms with Crippen LogP contribution >= 0.6 is 0 Å². The average molecular weight is 770 g/mol. The standard InChI is InChI=1S/C36H63NO11Si3/c1-17-20-41-31(38)29-27(46-49(11,12)34(2,3)4)28(47-50(13,14)35(5,6)7)30(48-51(15,16)36(8,9)10)33(45-29)44-26-19-18-24(37(39)40)23-25(26)32-42-21-22-43-32/h17-19,23,27-30,32-33H,1,20-22H2,2-16H3/t27-,28+,29+,30-,33-/m1/s1. The molecule has 2 saturated heterocycles. The maximum absolute atomic E-state index is 14.0. The van der Waals surface area contributed by atoms with Crippen LogP contribution in [0.4, 0.5) is 5.69 Å². The van der Waals surface area contributed by atoms with Crippen LogP contribution < -0.4 is 4.74 Å². The molecular formula is C36H63NO11Si3. The molecule has 1 aromatic rings. The van der Waals surface area contributed by atoms with E-state index < -0.39 is 72.8 Å². The Bertz CT molecular complexity index is 1390. The molecule has 3 rings (SSSR count). The molecule has 0 aliphatic carbocycles. The summed E-state index contributed by atoms with van der Waals surface area (Å²) in [6.45, 7) is 36.4. The lowest BCUT2D eigenvalue weighted by Gasteiger charge is -2.53. The largest absolute Gasteiger partial charge is 0.462 e. The molecule has 2 aliphatic rings. The first-order chi connectivity index (χ1) is 23.1. The van der Waals surface area contributed by atoms with Gasteiger partial charge < -0.3 is 37.0 Å². The van der Waals surface area contributed by atoms with Crippen molar-refractivity contribution >= 4 is 36.6 Å². The molecule has 0 bridgehead atoms. The molecular weight excluding hydrogens is 707 g/mol. The van der Waals surface area contributed by atoms with Crippen molar-refractivity contribution in [3.05, 3.63) is 46.5 Å². The van der Waals surface area contributed by atoms with Gasteiger partial charge in [-0.25, -0.2) is 4.79 Å². The minimum absolute atomic E-state index is 0.0302. The fraction of sp³-hybridized carbons (Fsp3) is 0.750. The zero-order chi connectivity index (χ0) is 39.0. The summed E-state index contributed by atoms with van der Waals surface area (Å²) in [6, 6.07) is 4.22. The Morgan fingerprint density at radius 3 is 1.76 bits per heavy atom. The lowest BCUT2D eigenvalue weighted by molar-refractivity contribution is -0.385. The summed E-state index contributed by atoms with van der Waals surface area (Å²) in [4.78, 5) is 25.4. The second-order valence-corrected chi connectivity index (χ2v) is 32.3. The summed E-state index contributed by atoms with van der Waals surface area (Å²) in [6.07, 6.45) is -4.51. The number of esters is 1. The van der Waals surface area contributed by atoms with Crippen molar-refractivity contribution in [3.8, 4) is 5.75 Å². The maximum atomic E-state index is 14.0. The van der Waals surface area contributed by atoms with Crippen LogP contribution in [0.25, 0.3) is 0 Å². The van der Waals surface area contributed by atoms with Crippen molar-refractivity contribution in [1.82, 2.24) is 0 Å². The SMILES string of the molecule is C=CCOC(=O)[C@H]1O[C@@H](Oc2ccc([N+](=O)[O-])cc2C2OCCO2)[C@H](O[Si](C)(C)C(C)(C)C)[C@@H](O[Si](C)(C)C(C)(C)C)[C@H]1O[Si](C)(C)C(C)(C)C. The van der Waals surface area contributed by atoms with E-state index in [1.165, 1.54) is 24.3 Å². The molecule has 2 aliphatic heterocycles. The monoisotopic (exact) mass is 769 g/mol. The van der Waals surface area contributed by atoms with E-state index in [0.29, 0.717) is 18.8 Å². The van der Waals surface area contributed by atoms with Gasteiger partial charge in [0.2, 0.25) is 6.29 Å². The Morgan fingerprint density at radius 2 is 1.31 bits per heavy atom. The van der Waals surface area contributed by atoms with Gasteiger partial charge in [0.1, 0.15) is 30.7 Å². The molecule has 0 spiro atoms. The third kappa shape index (κ3) is 10.2. The minimum Gasteiger partial charge on any atom is -0.462 e. The first-order valence-electron chi connectivity index (χ1n) is 17.8. The van der Waals surface area contributed by atoms with E-state index in [1.807, 2.05) is 0 Å². The summed E-state index contributed by atoms with van der Waals surface area (Å²) in [5.41, 5.74) is 0.173. The van der Waals surface area contributed by atoms with E-state index in [-0.39, 0.29) is 33.2 Å². The lowest BCUT2D eigenvalue weighted by atomic mass is 9.99. The Hall–Kier alpha value is -1.96. The van der Waals surface area contributed by atoms with Crippen molar-refractivity contribution in [3.63, 3.8) is 0 Å². The Kier molecular flexibility index (Phi) is 13.5. The smallest absolute Gasteiger partial charge is 0.338 e. The van der Waals surface area contributed by atoms with Crippen molar-refractivity contribution in [2.75, 3.05) is 19.8 Å². The molecule has 12 nitrogen and oxygen atoms in total. The van der Waals surface area contributed by atoms with Crippen molar-refractivity contribution in [2.24, 2.45) is 0 Å². The highest BCUT2D eigenvalue weighted by atomic mass is 28.4. The third-order valence-corrected chi connectivity index (χ3v) is 24.5. The zero-order valence-corrected chi connectivity index (χ0v) is 36.5. The summed E-state index contributed by atoms with van der Waals surface area (Å²) in [5.74, 6) is -0.414. The maximum Gasteiger partial charge on any atom is 0.338 e. The number of benzene rings is 1. The number of hydrogen-bond acceptors (Lipinski definition) is 11. The number of hydrogen-bond donors (Lipinski definition) is 0. The van der Waals surface area contributed by atoms with Crippen LogP contribution in [0, 0.1) is 10.1 Å². The summed E-state index contributed by atoms with van der Waals surface area (Å²) >= 11 is 0. The van der Waals surface area contributed by atoms with Crippen LogP contribution in [-0.4, -0.2) is 86.4 Å². The number of non-ortho nitro benzene ring substituents is 1. The fourth-order valence-corrected chi connectivity index (χ4v) is 8.73. The minimum atomic E-state index is -2.61. The van der Waals surface area contributed by atoms with E-state index in [1.54, 1.807) is 0 Å². The van der Waals surface area contributed by atoms with Crippen molar-refractivity contribution in [1.29, 1.82) is 0 Å². The Labute approximate surface area is 308 Å². The second-order valence-electron chi connectivity index (χ2n) is 18.0. The van der Waals surface area contributed by atoms with E-state index in [4.69, 9.17) is 37.0 Å². The second kappa shape index (κ2) is 15.8. The van der Waals surface area contributed by atoms with Gasteiger partial charge in [0.15, 0.2) is 37.3 Å². The number of ether oxygens (including phenoxy) is 5. The van der Waals surface area contributed by atoms with Crippen LogP contribution in [0.1, 0.15) is 74.2 Å². The van der Waals surface area contributed by atoms with E-state index in [2.05, 4.69) is 108 Å². The normalized spacial score (nSPS) is 24.3. The van der Waals surface area contributed by atoms with Crippen LogP contribution in [0.2, 0.25) is 54.4 Å². The first-order valence-corrected chi connectivity index (χ1v) is 26.5. The van der Waals surface area contributed by atoms with Gasteiger partial charge in [-0.2, -0.15) is 0 Å². The van der Waals surface area contributed by atoms with E-state index >= 15 is 0 Å². The first kappa shape index (κ1) is 43.4. The molecule has 0 amide bonds. The molecule has 2 heterocycles. The Morgan fingerprint density at radius 1 is 0.843 bits per heavy atom. The molecule has 0 saturated carbocycles. The highest BCUT2D eigenvalue weighted by Crippen LogP contribution is 2.47. The zero-order valence-electron chi connectivity index (χ0n) is 33.5. The highest BCUT2D eigenvalue weighted by Gasteiger charge is 2.59. The quantitative estimate of drug-likeness (QED) is 0.0628. The number of nitro groups is 1. The molecule has 2 fully saturated rings. The average Bonchev–Trinajstić information content (AvgIpc) is 3.51. The van der Waals surface area contributed by atoms with Gasteiger partial charge in [0.25, 0.3) is 5.69 Å². The van der Waals surface area contributed by atoms with Crippen LogP contribution in [0.3, 0.4) is 0 Å². The molecule has 290 valence electrons. The molecule has 0 unspecified atom stereocenters. The van der Waals surface area contributed by atoms with Gasteiger partial charge in [0.05, 0.1) is 23.7 Å². The number of carbonyl (C=O) groups excluding carboxylic acids is 1. The van der Waals surface area contributed by atoms with Gasteiger partial charge in [0, 0.05) is 12.1 Å². The van der Waals surface area contributed by atoms with Crippen molar-refractivity contribution in [2.45, 2.75) is 154 Å². The molecule has 15 heteroatoms. The van der Waals surface area contributed by atoms with Crippen LogP contribution in [-0.2, 0) is 37.0 Å². The molecule has 1 aromatic carbocycles. The molecule has 0 N–H and O–H groups in total. The number of nitro benzene ring substituents is 1. The van der Waals surface area contributed by atoms with E-state index in [9.17, 15) is 14.9 Å². The fourth-order valence-electron chi connectivity index (χ4n) is 4.86. The van der Waals surface area contributed by atoms with Crippen LogP contribution in [0.5, 0.6) is 5.75 Å². The predicted octanol–water partition coefficient (Wildman–Crippen LogP) is 8.64. The van der Waals surface area contributed by atoms with Gasteiger partial charge in [-0.3, -0.25) is 10.1 Å². The van der Waals surface area contributed by atoms with Crippen LogP contribution in [0.15, 0.2) is 30.9 Å². The summed E-state index contributed by atoms with van der Waals surface area (Å²) in [5, 5.41) is 11.2. The third-order valence-electron chi connectivity index (χ3n) is 11.1. The van der Waals surface area contributed by atoms with Gasteiger partial charge in [-0.15, -0.1) is 0 Å². The summed E-state index contributed by atoms with van der Waals surface area (Å²) < 4.78 is 52.4. The topological polar surface area (TPSA) is 134 Å². The molecule has 5 atom stereocenters. The van der Waals surface area contributed by atoms with Gasteiger partial charge in [-0.05, 0) is 60.5 Å². The summed E-state index contributed by atoms with van der Waals surface area (Å²) in [7, 11) is -7.81. The lowest BCUT2D eigenvalue weighted by Crippen LogP contribution is -2.69. The van der Waals surface area contributed by atoms with Crippen molar-refractivity contribution < 1.29 is 46.7 Å². The van der Waals surface area contributed by atoms with Gasteiger partial charge >= 0.3 is 5.97 Å². The predicted molar refractivity (Wildman–Crippen MR) is 204 cm³/mol. The highest BCUT2D eigenvalue weighted by molar-refractivity contribution is 6.75.